The molecule has 0 fully saturated rings. The molecule has 1 unspecified atom stereocenters. The molecule has 302 valence electrons. The first-order chi connectivity index (χ1) is 24.7. The zero-order chi connectivity index (χ0) is 37.7. The number of allylic oxidation sites excluding steroid dienone is 2. The second kappa shape index (κ2) is 37.0. The van der Waals surface area contributed by atoms with Gasteiger partial charge in [-0.3, -0.25) is 18.6 Å². The molecule has 0 aliphatic rings. The Morgan fingerprint density at radius 1 is 0.569 bits per heavy atom. The van der Waals surface area contributed by atoms with Crippen LogP contribution in [0.1, 0.15) is 194 Å². The second-order valence-electron chi connectivity index (χ2n) is 14.0. The summed E-state index contributed by atoms with van der Waals surface area (Å²) in [7, 11) is -4.61. The second-order valence-corrected chi connectivity index (χ2v) is 15.5. The molecule has 0 aliphatic heterocycles. The minimum Gasteiger partial charge on any atom is -0.462 e. The third kappa shape index (κ3) is 36.8. The third-order valence-electron chi connectivity index (χ3n) is 8.92. The van der Waals surface area contributed by atoms with Crippen LogP contribution in [0.3, 0.4) is 0 Å². The molecule has 0 aliphatic carbocycles. The molecule has 0 bridgehead atoms. The van der Waals surface area contributed by atoms with Crippen LogP contribution in [0.5, 0.6) is 0 Å². The highest BCUT2D eigenvalue weighted by molar-refractivity contribution is 7.47. The average Bonchev–Trinajstić information content (AvgIpc) is 3.12. The van der Waals surface area contributed by atoms with E-state index in [0.717, 1.165) is 51.4 Å². The largest absolute Gasteiger partial charge is 0.472 e. The predicted octanol–water partition coefficient (Wildman–Crippen LogP) is 10.4. The number of phosphoric acid groups is 1. The molecule has 0 aromatic carbocycles. The van der Waals surface area contributed by atoms with Crippen LogP contribution in [-0.2, 0) is 32.7 Å². The Morgan fingerprint density at radius 2 is 0.961 bits per heavy atom. The molecule has 0 saturated carbocycles. The minimum atomic E-state index is -4.61. The van der Waals surface area contributed by atoms with Crippen molar-refractivity contribution in [3.8, 4) is 0 Å². The van der Waals surface area contributed by atoms with Crippen molar-refractivity contribution in [2.24, 2.45) is 0 Å². The van der Waals surface area contributed by atoms with Crippen molar-refractivity contribution in [2.75, 3.05) is 26.4 Å². The zero-order valence-corrected chi connectivity index (χ0v) is 33.5. The van der Waals surface area contributed by atoms with Crippen molar-refractivity contribution in [1.82, 2.24) is 0 Å². The summed E-state index contributed by atoms with van der Waals surface area (Å²) in [5, 5.41) is 18.3. The Bertz CT molecular complexity index is 868. The minimum absolute atomic E-state index is 0.187. The van der Waals surface area contributed by atoms with Crippen LogP contribution in [0.15, 0.2) is 12.2 Å². The normalized spacial score (nSPS) is 14.1. The van der Waals surface area contributed by atoms with Gasteiger partial charge in [0.15, 0.2) is 6.10 Å². The Hall–Kier alpha value is -1.29. The summed E-state index contributed by atoms with van der Waals surface area (Å²) in [5.41, 5.74) is 0. The maximum absolute atomic E-state index is 12.6. The molecule has 51 heavy (non-hydrogen) atoms. The number of carbonyl (C=O) groups excluding carboxylic acids is 2. The monoisotopic (exact) mass is 749 g/mol. The Kier molecular flexibility index (Phi) is 36.1. The zero-order valence-electron chi connectivity index (χ0n) is 32.6. The van der Waals surface area contributed by atoms with E-state index in [4.69, 9.17) is 19.1 Å². The number of esters is 2. The molecular formula is C40H77O10P. The molecular weight excluding hydrogens is 671 g/mol. The number of rotatable bonds is 39. The van der Waals surface area contributed by atoms with Gasteiger partial charge in [-0.2, -0.15) is 0 Å². The number of aliphatic hydroxyl groups excluding tert-OH is 2. The molecule has 0 aromatic rings. The topological polar surface area (TPSA) is 149 Å². The molecule has 0 amide bonds. The molecule has 0 radical (unpaired) electrons. The number of carbonyl (C=O) groups is 2. The lowest BCUT2D eigenvalue weighted by molar-refractivity contribution is -0.161. The van der Waals surface area contributed by atoms with Gasteiger partial charge < -0.3 is 24.6 Å². The van der Waals surface area contributed by atoms with Gasteiger partial charge in [0, 0.05) is 12.8 Å². The molecule has 0 saturated heterocycles. The maximum Gasteiger partial charge on any atom is 0.472 e. The maximum atomic E-state index is 12.6. The summed E-state index contributed by atoms with van der Waals surface area (Å²) in [4.78, 5) is 34.9. The number of ether oxygens (including phenoxy) is 2. The van der Waals surface area contributed by atoms with Crippen LogP contribution in [0.2, 0.25) is 0 Å². The molecule has 0 spiro atoms. The van der Waals surface area contributed by atoms with E-state index < -0.39 is 51.8 Å². The first-order valence-electron chi connectivity index (χ1n) is 20.6. The van der Waals surface area contributed by atoms with Gasteiger partial charge in [0.1, 0.15) is 12.7 Å². The van der Waals surface area contributed by atoms with Gasteiger partial charge in [-0.05, 0) is 38.5 Å². The quantitative estimate of drug-likeness (QED) is 0.0240. The molecule has 3 N–H and O–H groups in total. The van der Waals surface area contributed by atoms with Gasteiger partial charge in [-0.1, -0.05) is 154 Å². The van der Waals surface area contributed by atoms with Crippen LogP contribution < -0.4 is 0 Å². The first-order valence-corrected chi connectivity index (χ1v) is 22.1. The number of hydrogen-bond donors (Lipinski definition) is 3. The van der Waals surface area contributed by atoms with E-state index >= 15 is 0 Å². The number of unbranched alkanes of at least 4 members (excludes halogenated alkanes) is 23. The lowest BCUT2D eigenvalue weighted by atomic mass is 10.0. The van der Waals surface area contributed by atoms with Crippen LogP contribution >= 0.6 is 7.82 Å². The van der Waals surface area contributed by atoms with Gasteiger partial charge in [0.05, 0.1) is 19.8 Å². The fourth-order valence-corrected chi connectivity index (χ4v) is 6.48. The van der Waals surface area contributed by atoms with Crippen molar-refractivity contribution in [2.45, 2.75) is 206 Å². The van der Waals surface area contributed by atoms with Crippen molar-refractivity contribution >= 4 is 19.8 Å². The summed E-state index contributed by atoms with van der Waals surface area (Å²) < 4.78 is 32.6. The lowest BCUT2D eigenvalue weighted by Crippen LogP contribution is -2.29. The van der Waals surface area contributed by atoms with Crippen molar-refractivity contribution in [3.05, 3.63) is 12.2 Å². The molecule has 0 heterocycles. The average molecular weight is 749 g/mol. The lowest BCUT2D eigenvalue weighted by Gasteiger charge is -2.20. The van der Waals surface area contributed by atoms with E-state index in [-0.39, 0.29) is 19.4 Å². The van der Waals surface area contributed by atoms with E-state index in [1.165, 1.54) is 103 Å². The summed E-state index contributed by atoms with van der Waals surface area (Å²) in [6, 6.07) is 0. The number of hydrogen-bond acceptors (Lipinski definition) is 9. The van der Waals surface area contributed by atoms with Crippen LogP contribution in [-0.4, -0.2) is 65.7 Å². The van der Waals surface area contributed by atoms with E-state index in [2.05, 4.69) is 30.5 Å². The van der Waals surface area contributed by atoms with Crippen LogP contribution in [0, 0.1) is 0 Å². The standard InChI is InChI=1S/C40H77O10P/c1-3-5-7-9-11-13-15-17-18-19-20-22-23-25-27-29-31-39(43)47-35-38(36-49-51(45,46)48-34-37(42)33-41)50-40(44)32-30-28-26-24-21-16-14-12-10-8-6-4-2/h18-19,37-38,41-42H,3-17,20-36H2,1-2H3,(H,45,46)/b19-18-/t37-,38+/m0/s1. The first kappa shape index (κ1) is 49.7. The molecule has 10 nitrogen and oxygen atoms in total. The van der Waals surface area contributed by atoms with Crippen molar-refractivity contribution in [3.63, 3.8) is 0 Å². The number of aliphatic hydroxyl groups is 2. The van der Waals surface area contributed by atoms with Gasteiger partial charge in [0.25, 0.3) is 0 Å². The fraction of sp³-hybridized carbons (Fsp3) is 0.900. The molecule has 0 rings (SSSR count). The third-order valence-corrected chi connectivity index (χ3v) is 9.87. The summed E-state index contributed by atoms with van der Waals surface area (Å²) in [6.45, 7) is 2.37. The Morgan fingerprint density at radius 3 is 1.41 bits per heavy atom. The summed E-state index contributed by atoms with van der Waals surface area (Å²) in [6.07, 6.45) is 33.2. The van der Waals surface area contributed by atoms with E-state index in [0.29, 0.717) is 12.8 Å². The highest BCUT2D eigenvalue weighted by Gasteiger charge is 2.27. The Balaban J connectivity index is 4.30. The fourth-order valence-electron chi connectivity index (χ4n) is 5.69. The van der Waals surface area contributed by atoms with Gasteiger partial charge in [-0.15, -0.1) is 0 Å². The van der Waals surface area contributed by atoms with Crippen LogP contribution in [0.4, 0.5) is 0 Å². The molecule has 3 atom stereocenters. The Labute approximate surface area is 311 Å². The number of phosphoric ester groups is 1. The predicted molar refractivity (Wildman–Crippen MR) is 205 cm³/mol. The van der Waals surface area contributed by atoms with Crippen molar-refractivity contribution < 1.29 is 47.8 Å². The van der Waals surface area contributed by atoms with Crippen LogP contribution in [0.25, 0.3) is 0 Å². The summed E-state index contributed by atoms with van der Waals surface area (Å²) >= 11 is 0. The summed E-state index contributed by atoms with van der Waals surface area (Å²) in [5.74, 6) is -0.927. The van der Waals surface area contributed by atoms with E-state index in [1.807, 2.05) is 0 Å². The van der Waals surface area contributed by atoms with Gasteiger partial charge in [0.2, 0.25) is 0 Å². The smallest absolute Gasteiger partial charge is 0.462 e. The molecule has 11 heteroatoms. The highest BCUT2D eigenvalue weighted by atomic mass is 31.2. The van der Waals surface area contributed by atoms with Crippen molar-refractivity contribution in [1.29, 1.82) is 0 Å². The van der Waals surface area contributed by atoms with Gasteiger partial charge in [-0.25, -0.2) is 4.57 Å². The van der Waals surface area contributed by atoms with E-state index in [1.54, 1.807) is 0 Å². The highest BCUT2D eigenvalue weighted by Crippen LogP contribution is 2.43. The SMILES string of the molecule is CCCCCCCCC/C=C\CCCCCCCC(=O)OC[C@H](COP(=O)(O)OC[C@@H](O)CO)OC(=O)CCCCCCCCCCCCCC. The molecule has 0 aromatic heterocycles. The van der Waals surface area contributed by atoms with E-state index in [9.17, 15) is 24.2 Å². The van der Waals surface area contributed by atoms with Gasteiger partial charge >= 0.3 is 19.8 Å².